The van der Waals surface area contributed by atoms with Gasteiger partial charge in [0.1, 0.15) is 0 Å². The van der Waals surface area contributed by atoms with Gasteiger partial charge in [-0.2, -0.15) is 0 Å². The molecule has 0 bridgehead atoms. The molecule has 2 aromatic rings. The van der Waals surface area contributed by atoms with E-state index in [0.29, 0.717) is 17.8 Å². The summed E-state index contributed by atoms with van der Waals surface area (Å²) in [5.41, 5.74) is 4.34. The normalized spacial score (nSPS) is 12.9. The van der Waals surface area contributed by atoms with Crippen LogP contribution in [-0.2, 0) is 11.2 Å². The van der Waals surface area contributed by atoms with Crippen molar-refractivity contribution in [3.05, 3.63) is 59.2 Å². The van der Waals surface area contributed by atoms with Gasteiger partial charge in [0.25, 0.3) is 5.91 Å². The molecule has 1 aliphatic rings. The number of anilines is 2. The summed E-state index contributed by atoms with van der Waals surface area (Å²) in [6, 6.07) is 13.3. The van der Waals surface area contributed by atoms with Gasteiger partial charge in [0, 0.05) is 19.0 Å². The lowest BCUT2D eigenvalue weighted by atomic mass is 10.1. The second-order valence-corrected chi connectivity index (χ2v) is 5.57. The lowest BCUT2D eigenvalue weighted by molar-refractivity contribution is -0.114. The summed E-state index contributed by atoms with van der Waals surface area (Å²) < 4.78 is 0. The van der Waals surface area contributed by atoms with Crippen molar-refractivity contribution >= 4 is 23.2 Å². The number of carbonyl (C=O) groups excluding carboxylic acids is 2. The number of benzene rings is 2. The largest absolute Gasteiger partial charge is 0.325 e. The molecule has 22 heavy (non-hydrogen) atoms. The summed E-state index contributed by atoms with van der Waals surface area (Å²) in [6.45, 7) is 4.08. The molecule has 2 aromatic carbocycles. The SMILES string of the molecule is CC(=O)Nc1cccc2c1N(C(=O)c1cccc(C)c1)CC2. The van der Waals surface area contributed by atoms with E-state index in [-0.39, 0.29) is 11.8 Å². The summed E-state index contributed by atoms with van der Waals surface area (Å²) in [6.07, 6.45) is 0.806. The highest BCUT2D eigenvalue weighted by Crippen LogP contribution is 2.36. The van der Waals surface area contributed by atoms with Crippen LogP contribution in [0.25, 0.3) is 0 Å². The highest BCUT2D eigenvalue weighted by molar-refractivity contribution is 6.10. The fourth-order valence-electron chi connectivity index (χ4n) is 2.88. The molecule has 0 saturated heterocycles. The van der Waals surface area contributed by atoms with Crippen LogP contribution in [-0.4, -0.2) is 18.4 Å². The van der Waals surface area contributed by atoms with Crippen molar-refractivity contribution in [1.82, 2.24) is 0 Å². The number of aryl methyl sites for hydroxylation is 1. The molecular weight excluding hydrogens is 276 g/mol. The monoisotopic (exact) mass is 294 g/mol. The van der Waals surface area contributed by atoms with E-state index in [1.54, 1.807) is 4.90 Å². The topological polar surface area (TPSA) is 49.4 Å². The van der Waals surface area contributed by atoms with E-state index < -0.39 is 0 Å². The Balaban J connectivity index is 2.00. The predicted octanol–water partition coefficient (Wildman–Crippen LogP) is 3.16. The van der Waals surface area contributed by atoms with Crippen LogP contribution in [0, 0.1) is 6.92 Å². The molecule has 3 rings (SSSR count). The van der Waals surface area contributed by atoms with Gasteiger partial charge in [0.2, 0.25) is 5.91 Å². The van der Waals surface area contributed by atoms with Crippen molar-refractivity contribution in [2.45, 2.75) is 20.3 Å². The van der Waals surface area contributed by atoms with Crippen molar-refractivity contribution in [3.63, 3.8) is 0 Å². The molecule has 112 valence electrons. The van der Waals surface area contributed by atoms with Crippen LogP contribution in [0.15, 0.2) is 42.5 Å². The Bertz CT molecular complexity index is 753. The Morgan fingerprint density at radius 2 is 1.91 bits per heavy atom. The number of hydrogen-bond donors (Lipinski definition) is 1. The summed E-state index contributed by atoms with van der Waals surface area (Å²) in [5, 5.41) is 2.82. The second-order valence-electron chi connectivity index (χ2n) is 5.57. The Morgan fingerprint density at radius 1 is 1.14 bits per heavy atom. The third-order valence-corrected chi connectivity index (χ3v) is 3.82. The molecule has 1 N–H and O–H groups in total. The molecule has 0 unspecified atom stereocenters. The molecule has 0 saturated carbocycles. The average Bonchev–Trinajstić information content (AvgIpc) is 2.91. The number of carbonyl (C=O) groups is 2. The number of amides is 2. The van der Waals surface area contributed by atoms with Crippen LogP contribution in [0.2, 0.25) is 0 Å². The van der Waals surface area contributed by atoms with E-state index in [1.807, 2.05) is 49.4 Å². The van der Waals surface area contributed by atoms with Crippen molar-refractivity contribution < 1.29 is 9.59 Å². The van der Waals surface area contributed by atoms with Gasteiger partial charge >= 0.3 is 0 Å². The van der Waals surface area contributed by atoms with Crippen LogP contribution in [0.5, 0.6) is 0 Å². The number of para-hydroxylation sites is 1. The van der Waals surface area contributed by atoms with Gasteiger partial charge in [-0.15, -0.1) is 0 Å². The van der Waals surface area contributed by atoms with E-state index in [1.165, 1.54) is 6.92 Å². The minimum absolute atomic E-state index is 0.0275. The molecule has 0 spiro atoms. The number of nitrogens with one attached hydrogen (secondary N) is 1. The minimum Gasteiger partial charge on any atom is -0.325 e. The van der Waals surface area contributed by atoms with Crippen molar-refractivity contribution in [2.75, 3.05) is 16.8 Å². The lowest BCUT2D eigenvalue weighted by Crippen LogP contribution is -2.29. The molecule has 0 radical (unpaired) electrons. The predicted molar refractivity (Wildman–Crippen MR) is 87.3 cm³/mol. The first-order valence-corrected chi connectivity index (χ1v) is 7.34. The molecule has 4 nitrogen and oxygen atoms in total. The fraction of sp³-hybridized carbons (Fsp3) is 0.222. The zero-order valence-electron chi connectivity index (χ0n) is 12.7. The first kappa shape index (κ1) is 14.3. The van der Waals surface area contributed by atoms with Gasteiger partial charge < -0.3 is 10.2 Å². The smallest absolute Gasteiger partial charge is 0.258 e. The standard InChI is InChI=1S/C18H18N2O2/c1-12-5-3-7-15(11-12)18(22)20-10-9-14-6-4-8-16(17(14)20)19-13(2)21/h3-8,11H,9-10H2,1-2H3,(H,19,21). The highest BCUT2D eigenvalue weighted by atomic mass is 16.2. The average molecular weight is 294 g/mol. The summed E-state index contributed by atoms with van der Waals surface area (Å²) in [5.74, 6) is -0.163. The van der Waals surface area contributed by atoms with Crippen LogP contribution in [0.1, 0.15) is 28.4 Å². The van der Waals surface area contributed by atoms with Gasteiger partial charge in [-0.3, -0.25) is 9.59 Å². The first-order valence-electron chi connectivity index (χ1n) is 7.34. The van der Waals surface area contributed by atoms with E-state index in [2.05, 4.69) is 5.32 Å². The molecule has 0 atom stereocenters. The summed E-state index contributed by atoms with van der Waals surface area (Å²) >= 11 is 0. The quantitative estimate of drug-likeness (QED) is 0.925. The van der Waals surface area contributed by atoms with E-state index in [0.717, 1.165) is 23.2 Å². The molecule has 1 aliphatic heterocycles. The summed E-state index contributed by atoms with van der Waals surface area (Å²) in [7, 11) is 0. The van der Waals surface area contributed by atoms with Crippen molar-refractivity contribution in [1.29, 1.82) is 0 Å². The van der Waals surface area contributed by atoms with Crippen molar-refractivity contribution in [2.24, 2.45) is 0 Å². The number of fused-ring (bicyclic) bond motifs is 1. The van der Waals surface area contributed by atoms with Crippen LogP contribution in [0.3, 0.4) is 0 Å². The Kier molecular flexibility index (Phi) is 3.67. The van der Waals surface area contributed by atoms with Gasteiger partial charge in [-0.05, 0) is 37.1 Å². The van der Waals surface area contributed by atoms with Crippen molar-refractivity contribution in [3.8, 4) is 0 Å². The zero-order valence-corrected chi connectivity index (χ0v) is 12.7. The molecular formula is C18H18N2O2. The number of nitrogens with zero attached hydrogens (tertiary/aromatic N) is 1. The first-order chi connectivity index (χ1) is 10.6. The van der Waals surface area contributed by atoms with Crippen LogP contribution >= 0.6 is 0 Å². The van der Waals surface area contributed by atoms with Gasteiger partial charge in [0.05, 0.1) is 11.4 Å². The maximum Gasteiger partial charge on any atom is 0.258 e. The van der Waals surface area contributed by atoms with E-state index >= 15 is 0 Å². The molecule has 1 heterocycles. The lowest BCUT2D eigenvalue weighted by Gasteiger charge is -2.20. The molecule has 0 aromatic heterocycles. The highest BCUT2D eigenvalue weighted by Gasteiger charge is 2.28. The van der Waals surface area contributed by atoms with Crippen LogP contribution < -0.4 is 10.2 Å². The fourth-order valence-corrected chi connectivity index (χ4v) is 2.88. The number of hydrogen-bond acceptors (Lipinski definition) is 2. The third-order valence-electron chi connectivity index (χ3n) is 3.82. The molecule has 0 fully saturated rings. The van der Waals surface area contributed by atoms with E-state index in [9.17, 15) is 9.59 Å². The maximum atomic E-state index is 12.8. The Morgan fingerprint density at radius 3 is 2.64 bits per heavy atom. The number of rotatable bonds is 2. The van der Waals surface area contributed by atoms with Gasteiger partial charge in [-0.25, -0.2) is 0 Å². The Hall–Kier alpha value is -2.62. The minimum atomic E-state index is -0.136. The zero-order chi connectivity index (χ0) is 15.7. The van der Waals surface area contributed by atoms with Gasteiger partial charge in [0.15, 0.2) is 0 Å². The maximum absolute atomic E-state index is 12.8. The third kappa shape index (κ3) is 2.60. The van der Waals surface area contributed by atoms with E-state index in [4.69, 9.17) is 0 Å². The molecule has 4 heteroatoms. The molecule has 2 amide bonds. The van der Waals surface area contributed by atoms with Crippen LogP contribution in [0.4, 0.5) is 11.4 Å². The summed E-state index contributed by atoms with van der Waals surface area (Å²) in [4.78, 5) is 26.0. The molecule has 0 aliphatic carbocycles. The van der Waals surface area contributed by atoms with Gasteiger partial charge in [-0.1, -0.05) is 29.8 Å². The second kappa shape index (κ2) is 5.64. The Labute approximate surface area is 129 Å².